The Balaban J connectivity index is 2.62. The van der Waals surface area contributed by atoms with Crippen LogP contribution in [0.5, 0.6) is 0 Å². The molecule has 1 aromatic rings. The first kappa shape index (κ1) is 10.7. The second-order valence-electron chi connectivity index (χ2n) is 2.26. The SMILES string of the molecule is CCOC(=O)C#Cc1ncc(CO)s1. The van der Waals surface area contributed by atoms with Crippen LogP contribution in [0.2, 0.25) is 0 Å². The summed E-state index contributed by atoms with van der Waals surface area (Å²) in [5.74, 6) is 4.29. The van der Waals surface area contributed by atoms with E-state index < -0.39 is 5.97 Å². The largest absolute Gasteiger partial charge is 0.456 e. The van der Waals surface area contributed by atoms with E-state index >= 15 is 0 Å². The number of esters is 1. The Morgan fingerprint density at radius 3 is 3.14 bits per heavy atom. The Hall–Kier alpha value is -1.38. The maximum Gasteiger partial charge on any atom is 0.384 e. The summed E-state index contributed by atoms with van der Waals surface area (Å²) in [6, 6.07) is 0. The van der Waals surface area contributed by atoms with Crippen molar-refractivity contribution in [2.75, 3.05) is 6.61 Å². The van der Waals surface area contributed by atoms with E-state index in [-0.39, 0.29) is 6.61 Å². The second-order valence-corrected chi connectivity index (χ2v) is 3.38. The van der Waals surface area contributed by atoms with Crippen molar-refractivity contribution in [3.63, 3.8) is 0 Å². The number of ether oxygens (including phenoxy) is 1. The van der Waals surface area contributed by atoms with Crippen LogP contribution in [0.1, 0.15) is 16.8 Å². The van der Waals surface area contributed by atoms with Gasteiger partial charge >= 0.3 is 5.97 Å². The van der Waals surface area contributed by atoms with E-state index in [0.29, 0.717) is 11.6 Å². The summed E-state index contributed by atoms with van der Waals surface area (Å²) in [7, 11) is 0. The van der Waals surface area contributed by atoms with Crippen molar-refractivity contribution in [1.82, 2.24) is 4.98 Å². The Morgan fingerprint density at radius 1 is 1.79 bits per heavy atom. The number of aliphatic hydroxyl groups is 1. The molecule has 1 aromatic heterocycles. The van der Waals surface area contributed by atoms with Crippen molar-refractivity contribution >= 4 is 17.3 Å². The van der Waals surface area contributed by atoms with Crippen molar-refractivity contribution in [1.29, 1.82) is 0 Å². The van der Waals surface area contributed by atoms with Gasteiger partial charge in [0.25, 0.3) is 0 Å². The molecule has 0 radical (unpaired) electrons. The highest BCUT2D eigenvalue weighted by molar-refractivity contribution is 7.12. The molecule has 14 heavy (non-hydrogen) atoms. The number of hydrogen-bond acceptors (Lipinski definition) is 5. The smallest absolute Gasteiger partial charge is 0.384 e. The van der Waals surface area contributed by atoms with Crippen LogP contribution in [-0.4, -0.2) is 22.7 Å². The molecule has 0 fully saturated rings. The van der Waals surface area contributed by atoms with Gasteiger partial charge in [0.2, 0.25) is 0 Å². The lowest BCUT2D eigenvalue weighted by atomic mass is 10.6. The summed E-state index contributed by atoms with van der Waals surface area (Å²) < 4.78 is 4.61. The van der Waals surface area contributed by atoms with Gasteiger partial charge in [-0.15, -0.1) is 11.3 Å². The Morgan fingerprint density at radius 2 is 2.57 bits per heavy atom. The fourth-order valence-electron chi connectivity index (χ4n) is 0.710. The van der Waals surface area contributed by atoms with E-state index in [9.17, 15) is 4.79 Å². The molecule has 1 heterocycles. The molecule has 0 atom stereocenters. The lowest BCUT2D eigenvalue weighted by Gasteiger charge is -1.89. The summed E-state index contributed by atoms with van der Waals surface area (Å²) in [4.78, 5) is 15.4. The highest BCUT2D eigenvalue weighted by atomic mass is 32.1. The molecular formula is C9H9NO3S. The zero-order valence-electron chi connectivity index (χ0n) is 7.61. The quantitative estimate of drug-likeness (QED) is 0.573. The van der Waals surface area contributed by atoms with Gasteiger partial charge in [0.1, 0.15) is 0 Å². The van der Waals surface area contributed by atoms with E-state index in [1.807, 2.05) is 0 Å². The topological polar surface area (TPSA) is 59.4 Å². The van der Waals surface area contributed by atoms with Gasteiger partial charge in [0.05, 0.1) is 18.1 Å². The van der Waals surface area contributed by atoms with Crippen molar-refractivity contribution in [3.05, 3.63) is 16.1 Å². The highest BCUT2D eigenvalue weighted by Gasteiger charge is 1.98. The van der Waals surface area contributed by atoms with E-state index in [2.05, 4.69) is 21.6 Å². The number of carbonyl (C=O) groups excluding carboxylic acids is 1. The van der Waals surface area contributed by atoms with Crippen LogP contribution in [0.15, 0.2) is 6.20 Å². The molecule has 0 saturated carbocycles. The number of thiazole rings is 1. The maximum absolute atomic E-state index is 10.8. The van der Waals surface area contributed by atoms with Crippen LogP contribution in [-0.2, 0) is 16.1 Å². The molecule has 1 rings (SSSR count). The number of aromatic nitrogens is 1. The van der Waals surface area contributed by atoms with E-state index in [1.165, 1.54) is 17.5 Å². The molecule has 0 spiro atoms. The molecule has 0 unspecified atom stereocenters. The lowest BCUT2D eigenvalue weighted by Crippen LogP contribution is -1.99. The van der Waals surface area contributed by atoms with Gasteiger partial charge in [0.15, 0.2) is 5.01 Å². The molecule has 4 nitrogen and oxygen atoms in total. The van der Waals surface area contributed by atoms with Gasteiger partial charge < -0.3 is 9.84 Å². The predicted octanol–water partition coefficient (Wildman–Crippen LogP) is 0.550. The number of aliphatic hydroxyl groups excluding tert-OH is 1. The van der Waals surface area contributed by atoms with Crippen LogP contribution in [0.3, 0.4) is 0 Å². The Labute approximate surface area is 85.5 Å². The second kappa shape index (κ2) is 5.37. The third-order valence-corrected chi connectivity index (χ3v) is 2.15. The van der Waals surface area contributed by atoms with Crippen molar-refractivity contribution in [2.45, 2.75) is 13.5 Å². The normalized spacial score (nSPS) is 9.00. The molecule has 0 amide bonds. The maximum atomic E-state index is 10.8. The van der Waals surface area contributed by atoms with Crippen LogP contribution >= 0.6 is 11.3 Å². The van der Waals surface area contributed by atoms with E-state index in [1.54, 1.807) is 6.92 Å². The number of rotatable bonds is 2. The first-order valence-electron chi connectivity index (χ1n) is 4.00. The van der Waals surface area contributed by atoms with Gasteiger partial charge in [-0.2, -0.15) is 0 Å². The third kappa shape index (κ3) is 3.17. The third-order valence-electron chi connectivity index (χ3n) is 1.26. The van der Waals surface area contributed by atoms with Gasteiger partial charge in [-0.25, -0.2) is 9.78 Å². The number of hydrogen-bond donors (Lipinski definition) is 1. The molecule has 0 bridgehead atoms. The first-order chi connectivity index (χ1) is 6.76. The summed E-state index contributed by atoms with van der Waals surface area (Å²) >= 11 is 1.25. The van der Waals surface area contributed by atoms with Gasteiger partial charge in [-0.05, 0) is 12.8 Å². The van der Waals surface area contributed by atoms with Gasteiger partial charge in [0, 0.05) is 12.1 Å². The Kier molecular flexibility index (Phi) is 4.11. The summed E-state index contributed by atoms with van der Waals surface area (Å²) in [5.41, 5.74) is 0. The molecule has 0 saturated heterocycles. The molecule has 0 aliphatic carbocycles. The standard InChI is InChI=1S/C9H9NO3S/c1-2-13-9(12)4-3-8-10-5-7(6-11)14-8/h5,11H,2,6H2,1H3. The average Bonchev–Trinajstić information content (AvgIpc) is 2.63. The van der Waals surface area contributed by atoms with Crippen LogP contribution < -0.4 is 0 Å². The zero-order valence-corrected chi connectivity index (χ0v) is 8.43. The number of nitrogens with zero attached hydrogens (tertiary/aromatic N) is 1. The number of carbonyl (C=O) groups is 1. The van der Waals surface area contributed by atoms with Crippen molar-refractivity contribution in [2.24, 2.45) is 0 Å². The fraction of sp³-hybridized carbons (Fsp3) is 0.333. The van der Waals surface area contributed by atoms with Gasteiger partial charge in [-0.3, -0.25) is 0 Å². The van der Waals surface area contributed by atoms with E-state index in [0.717, 1.165) is 4.88 Å². The summed E-state index contributed by atoms with van der Waals surface area (Å²) in [6.45, 7) is 1.97. The van der Waals surface area contributed by atoms with Crippen LogP contribution in [0, 0.1) is 11.8 Å². The minimum Gasteiger partial charge on any atom is -0.456 e. The van der Waals surface area contributed by atoms with Crippen LogP contribution in [0.25, 0.3) is 0 Å². The lowest BCUT2D eigenvalue weighted by molar-refractivity contribution is -0.136. The van der Waals surface area contributed by atoms with E-state index in [4.69, 9.17) is 5.11 Å². The summed E-state index contributed by atoms with van der Waals surface area (Å²) in [6.07, 6.45) is 1.53. The minimum absolute atomic E-state index is 0.0568. The zero-order chi connectivity index (χ0) is 10.4. The monoisotopic (exact) mass is 211 g/mol. The summed E-state index contributed by atoms with van der Waals surface area (Å²) in [5, 5.41) is 9.25. The van der Waals surface area contributed by atoms with Gasteiger partial charge in [-0.1, -0.05) is 0 Å². The molecule has 0 aromatic carbocycles. The fourth-order valence-corrected chi connectivity index (χ4v) is 1.34. The predicted molar refractivity (Wildman–Crippen MR) is 51.5 cm³/mol. The molecule has 5 heteroatoms. The average molecular weight is 211 g/mol. The molecule has 74 valence electrons. The molecule has 0 aliphatic heterocycles. The molecule has 0 aliphatic rings. The Bertz CT molecular complexity index is 375. The van der Waals surface area contributed by atoms with Crippen molar-refractivity contribution < 1.29 is 14.6 Å². The highest BCUT2D eigenvalue weighted by Crippen LogP contribution is 2.10. The minimum atomic E-state index is -0.562. The molecular weight excluding hydrogens is 202 g/mol. The molecule has 1 N–H and O–H groups in total. The first-order valence-corrected chi connectivity index (χ1v) is 4.82. The van der Waals surface area contributed by atoms with Crippen molar-refractivity contribution in [3.8, 4) is 11.8 Å². The van der Waals surface area contributed by atoms with Crippen LogP contribution in [0.4, 0.5) is 0 Å².